The summed E-state index contributed by atoms with van der Waals surface area (Å²) in [5.41, 5.74) is 0.289. The molecule has 0 aliphatic heterocycles. The van der Waals surface area contributed by atoms with E-state index in [1.165, 1.54) is 11.3 Å². The number of rotatable bonds is 6. The molecule has 0 radical (unpaired) electrons. The van der Waals surface area contributed by atoms with Crippen LogP contribution in [0.15, 0.2) is 16.5 Å². The van der Waals surface area contributed by atoms with Crippen LogP contribution in [0.1, 0.15) is 45.7 Å². The summed E-state index contributed by atoms with van der Waals surface area (Å²) in [5.74, 6) is 0.326. The maximum Gasteiger partial charge on any atom is 0.276 e. The molecule has 0 fully saturated rings. The highest BCUT2D eigenvalue weighted by molar-refractivity contribution is 7.17. The minimum Gasteiger partial charge on any atom is -0.443 e. The summed E-state index contributed by atoms with van der Waals surface area (Å²) in [6.07, 6.45) is 0. The molecule has 0 saturated heterocycles. The second kappa shape index (κ2) is 7.61. The zero-order chi connectivity index (χ0) is 17.0. The molecule has 2 amide bonds. The molecule has 0 aliphatic carbocycles. The van der Waals surface area contributed by atoms with Gasteiger partial charge < -0.3 is 14.6 Å². The molecule has 0 saturated carbocycles. The van der Waals surface area contributed by atoms with E-state index >= 15 is 0 Å². The monoisotopic (exact) mass is 355 g/mol. The van der Waals surface area contributed by atoms with E-state index in [1.807, 2.05) is 13.8 Å². The second-order valence-electron chi connectivity index (χ2n) is 4.78. The number of aryl methyl sites for hydroxylation is 1. The van der Waals surface area contributed by atoms with E-state index < -0.39 is 0 Å². The Balaban J connectivity index is 2.03. The van der Waals surface area contributed by atoms with Crippen molar-refractivity contribution in [2.24, 2.45) is 0 Å². The standard InChI is InChI=1S/C15H18ClN3O3S/c1-4-19(5-2)15(21)13-9(3)22-12(18-13)8-17-14(20)10-6-7-11(16)23-10/h6-7H,4-5,8H2,1-3H3,(H,17,20). The summed E-state index contributed by atoms with van der Waals surface area (Å²) in [6.45, 7) is 6.82. The van der Waals surface area contributed by atoms with Gasteiger partial charge in [0, 0.05) is 13.1 Å². The van der Waals surface area contributed by atoms with E-state index in [0.29, 0.717) is 34.0 Å². The van der Waals surface area contributed by atoms with Crippen molar-refractivity contribution in [2.45, 2.75) is 27.3 Å². The molecule has 6 nitrogen and oxygen atoms in total. The van der Waals surface area contributed by atoms with Gasteiger partial charge in [-0.15, -0.1) is 11.3 Å². The fourth-order valence-electron chi connectivity index (χ4n) is 2.07. The second-order valence-corrected chi connectivity index (χ2v) is 6.49. The van der Waals surface area contributed by atoms with Crippen LogP contribution in [0.2, 0.25) is 4.34 Å². The molecule has 8 heteroatoms. The largest absolute Gasteiger partial charge is 0.443 e. The highest BCUT2D eigenvalue weighted by atomic mass is 35.5. The maximum atomic E-state index is 12.3. The Kier molecular flexibility index (Phi) is 5.79. The van der Waals surface area contributed by atoms with Crippen molar-refractivity contribution in [3.63, 3.8) is 0 Å². The maximum absolute atomic E-state index is 12.3. The number of nitrogens with one attached hydrogen (secondary N) is 1. The van der Waals surface area contributed by atoms with Crippen molar-refractivity contribution in [3.05, 3.63) is 38.7 Å². The van der Waals surface area contributed by atoms with E-state index in [2.05, 4.69) is 10.3 Å². The van der Waals surface area contributed by atoms with Crippen LogP contribution in [0.25, 0.3) is 0 Å². The average molecular weight is 356 g/mol. The van der Waals surface area contributed by atoms with Crippen molar-refractivity contribution < 1.29 is 14.0 Å². The number of amides is 2. The average Bonchev–Trinajstić information content (AvgIpc) is 3.12. The Morgan fingerprint density at radius 3 is 2.61 bits per heavy atom. The van der Waals surface area contributed by atoms with Gasteiger partial charge in [-0.05, 0) is 32.9 Å². The van der Waals surface area contributed by atoms with Crippen molar-refractivity contribution >= 4 is 34.8 Å². The molecule has 0 spiro atoms. The van der Waals surface area contributed by atoms with Crippen LogP contribution in [0.4, 0.5) is 0 Å². The fourth-order valence-corrected chi connectivity index (χ4v) is 3.02. The van der Waals surface area contributed by atoms with Gasteiger partial charge in [0.15, 0.2) is 5.69 Å². The number of halogens is 1. The fraction of sp³-hybridized carbons (Fsp3) is 0.400. The number of carbonyl (C=O) groups excluding carboxylic acids is 2. The summed E-state index contributed by atoms with van der Waals surface area (Å²) in [6, 6.07) is 3.32. The Hall–Kier alpha value is -1.86. The number of carbonyl (C=O) groups is 2. The van der Waals surface area contributed by atoms with Crippen LogP contribution in [-0.4, -0.2) is 34.8 Å². The van der Waals surface area contributed by atoms with Crippen LogP contribution >= 0.6 is 22.9 Å². The van der Waals surface area contributed by atoms with Crippen LogP contribution in [0, 0.1) is 6.92 Å². The number of hydrogen-bond donors (Lipinski definition) is 1. The van der Waals surface area contributed by atoms with Gasteiger partial charge in [-0.3, -0.25) is 9.59 Å². The minimum absolute atomic E-state index is 0.112. The molecule has 0 atom stereocenters. The normalized spacial score (nSPS) is 10.6. The lowest BCUT2D eigenvalue weighted by Gasteiger charge is -2.16. The van der Waals surface area contributed by atoms with E-state index in [4.69, 9.17) is 16.0 Å². The van der Waals surface area contributed by atoms with Crippen LogP contribution in [-0.2, 0) is 6.54 Å². The molecular weight excluding hydrogens is 338 g/mol. The highest BCUT2D eigenvalue weighted by Crippen LogP contribution is 2.21. The zero-order valence-corrected chi connectivity index (χ0v) is 14.8. The lowest BCUT2D eigenvalue weighted by Crippen LogP contribution is -2.31. The molecule has 2 aromatic heterocycles. The minimum atomic E-state index is -0.255. The molecule has 0 aromatic carbocycles. The van der Waals surface area contributed by atoms with Gasteiger partial charge in [0.2, 0.25) is 5.89 Å². The SMILES string of the molecule is CCN(CC)C(=O)c1nc(CNC(=O)c2ccc(Cl)s2)oc1C. The molecule has 0 unspecified atom stereocenters. The third-order valence-corrected chi connectivity index (χ3v) is 4.52. The number of nitrogens with zero attached hydrogens (tertiary/aromatic N) is 2. The van der Waals surface area contributed by atoms with Gasteiger partial charge in [0.25, 0.3) is 11.8 Å². The van der Waals surface area contributed by atoms with Crippen LogP contribution in [0.3, 0.4) is 0 Å². The first-order valence-corrected chi connectivity index (χ1v) is 8.44. The Morgan fingerprint density at radius 2 is 2.04 bits per heavy atom. The summed E-state index contributed by atoms with van der Waals surface area (Å²) >= 11 is 7.00. The van der Waals surface area contributed by atoms with Gasteiger partial charge in [-0.25, -0.2) is 4.98 Å². The number of oxazole rings is 1. The van der Waals surface area contributed by atoms with Gasteiger partial charge in [0.05, 0.1) is 15.8 Å². The summed E-state index contributed by atoms with van der Waals surface area (Å²) in [7, 11) is 0. The molecule has 1 N–H and O–H groups in total. The van der Waals surface area contributed by atoms with E-state index in [-0.39, 0.29) is 24.1 Å². The third-order valence-electron chi connectivity index (χ3n) is 3.29. The van der Waals surface area contributed by atoms with Gasteiger partial charge in [-0.2, -0.15) is 0 Å². The van der Waals surface area contributed by atoms with E-state index in [9.17, 15) is 9.59 Å². The first-order valence-electron chi connectivity index (χ1n) is 7.25. The lowest BCUT2D eigenvalue weighted by atomic mass is 10.3. The molecule has 2 aromatic rings. The van der Waals surface area contributed by atoms with Crippen molar-refractivity contribution in [3.8, 4) is 0 Å². The summed E-state index contributed by atoms with van der Waals surface area (Å²) < 4.78 is 6.02. The Labute approximate surface area is 143 Å². The number of hydrogen-bond acceptors (Lipinski definition) is 5. The highest BCUT2D eigenvalue weighted by Gasteiger charge is 2.21. The first-order chi connectivity index (χ1) is 11.0. The summed E-state index contributed by atoms with van der Waals surface area (Å²) in [5, 5.41) is 2.70. The summed E-state index contributed by atoms with van der Waals surface area (Å²) in [4.78, 5) is 30.6. The third kappa shape index (κ3) is 4.11. The van der Waals surface area contributed by atoms with Gasteiger partial charge in [-0.1, -0.05) is 11.6 Å². The van der Waals surface area contributed by atoms with E-state index in [0.717, 1.165) is 0 Å². The van der Waals surface area contributed by atoms with Gasteiger partial charge in [0.1, 0.15) is 5.76 Å². The van der Waals surface area contributed by atoms with E-state index in [1.54, 1.807) is 24.0 Å². The van der Waals surface area contributed by atoms with Crippen molar-refractivity contribution in [2.75, 3.05) is 13.1 Å². The van der Waals surface area contributed by atoms with Gasteiger partial charge >= 0.3 is 0 Å². The Bertz CT molecular complexity index is 707. The van der Waals surface area contributed by atoms with Crippen molar-refractivity contribution in [1.82, 2.24) is 15.2 Å². The molecule has 23 heavy (non-hydrogen) atoms. The van der Waals surface area contributed by atoms with Crippen molar-refractivity contribution in [1.29, 1.82) is 0 Å². The molecule has 0 aliphatic rings. The number of thiophene rings is 1. The predicted octanol–water partition coefficient (Wildman–Crippen LogP) is 3.11. The topological polar surface area (TPSA) is 75.4 Å². The lowest BCUT2D eigenvalue weighted by molar-refractivity contribution is 0.0766. The first kappa shape index (κ1) is 17.5. The molecule has 124 valence electrons. The van der Waals surface area contributed by atoms with Crippen LogP contribution < -0.4 is 5.32 Å². The molecular formula is C15H18ClN3O3S. The number of aromatic nitrogens is 1. The zero-order valence-electron chi connectivity index (χ0n) is 13.2. The molecule has 0 bridgehead atoms. The smallest absolute Gasteiger partial charge is 0.276 e. The van der Waals surface area contributed by atoms with Crippen LogP contribution in [0.5, 0.6) is 0 Å². The molecule has 2 heterocycles. The quantitative estimate of drug-likeness (QED) is 0.863. The Morgan fingerprint density at radius 1 is 1.35 bits per heavy atom. The predicted molar refractivity (Wildman–Crippen MR) is 89.0 cm³/mol. The molecule has 2 rings (SSSR count).